The SMILES string of the molecule is COC(=O)c1ccc(OC(=O)c2cc(C(C)C)cc(C(C)C)c2O)cc1. The zero-order valence-electron chi connectivity index (χ0n) is 15.7. The predicted octanol–water partition coefficient (Wildman–Crippen LogP) is 4.64. The van der Waals surface area contributed by atoms with Crippen LogP contribution in [0.1, 0.15) is 71.4 Å². The van der Waals surface area contributed by atoms with Gasteiger partial charge in [-0.1, -0.05) is 33.8 Å². The van der Waals surface area contributed by atoms with Gasteiger partial charge in [-0.3, -0.25) is 0 Å². The fraction of sp³-hybridized carbons (Fsp3) is 0.333. The van der Waals surface area contributed by atoms with Crippen LogP contribution >= 0.6 is 0 Å². The second-order valence-electron chi connectivity index (χ2n) is 6.72. The van der Waals surface area contributed by atoms with E-state index < -0.39 is 11.9 Å². The van der Waals surface area contributed by atoms with Crippen molar-refractivity contribution in [3.63, 3.8) is 0 Å². The molecule has 0 spiro atoms. The van der Waals surface area contributed by atoms with Gasteiger partial charge in [-0.05, 0) is 53.3 Å². The van der Waals surface area contributed by atoms with Gasteiger partial charge in [-0.25, -0.2) is 9.59 Å². The van der Waals surface area contributed by atoms with Gasteiger partial charge in [0.15, 0.2) is 0 Å². The Kier molecular flexibility index (Phi) is 6.03. The van der Waals surface area contributed by atoms with Crippen molar-refractivity contribution in [2.45, 2.75) is 39.5 Å². The lowest BCUT2D eigenvalue weighted by Gasteiger charge is -2.16. The number of esters is 2. The smallest absolute Gasteiger partial charge is 0.347 e. The largest absolute Gasteiger partial charge is 0.507 e. The normalized spacial score (nSPS) is 10.9. The van der Waals surface area contributed by atoms with Crippen LogP contribution in [0.15, 0.2) is 36.4 Å². The number of phenols is 1. The minimum absolute atomic E-state index is 0.0550. The average molecular weight is 356 g/mol. The van der Waals surface area contributed by atoms with Crippen LogP contribution in [0.3, 0.4) is 0 Å². The van der Waals surface area contributed by atoms with E-state index in [0.29, 0.717) is 11.1 Å². The van der Waals surface area contributed by atoms with E-state index in [0.717, 1.165) is 5.56 Å². The first kappa shape index (κ1) is 19.5. The van der Waals surface area contributed by atoms with E-state index in [-0.39, 0.29) is 28.9 Å². The van der Waals surface area contributed by atoms with Crippen LogP contribution in [-0.4, -0.2) is 24.2 Å². The van der Waals surface area contributed by atoms with Crippen LogP contribution in [0.25, 0.3) is 0 Å². The molecule has 0 aliphatic carbocycles. The molecule has 0 unspecified atom stereocenters. The van der Waals surface area contributed by atoms with E-state index in [2.05, 4.69) is 4.74 Å². The maximum absolute atomic E-state index is 12.6. The molecule has 0 bridgehead atoms. The second kappa shape index (κ2) is 8.04. The van der Waals surface area contributed by atoms with Gasteiger partial charge < -0.3 is 14.6 Å². The van der Waals surface area contributed by atoms with Crippen LogP contribution in [0.4, 0.5) is 0 Å². The fourth-order valence-corrected chi connectivity index (χ4v) is 2.55. The molecule has 2 aromatic carbocycles. The summed E-state index contributed by atoms with van der Waals surface area (Å²) < 4.78 is 10.0. The molecule has 138 valence electrons. The van der Waals surface area contributed by atoms with Gasteiger partial charge in [0.25, 0.3) is 0 Å². The first-order chi connectivity index (χ1) is 12.2. The van der Waals surface area contributed by atoms with Gasteiger partial charge in [-0.15, -0.1) is 0 Å². The molecule has 0 heterocycles. The predicted molar refractivity (Wildman–Crippen MR) is 99.0 cm³/mol. The highest BCUT2D eigenvalue weighted by Crippen LogP contribution is 2.33. The first-order valence-electron chi connectivity index (χ1n) is 8.52. The molecular weight excluding hydrogens is 332 g/mol. The molecule has 0 atom stereocenters. The maximum Gasteiger partial charge on any atom is 0.347 e. The topological polar surface area (TPSA) is 72.8 Å². The van der Waals surface area contributed by atoms with Crippen LogP contribution in [0.5, 0.6) is 11.5 Å². The van der Waals surface area contributed by atoms with Crippen molar-refractivity contribution in [2.75, 3.05) is 7.11 Å². The molecule has 1 N–H and O–H groups in total. The average Bonchev–Trinajstić information content (AvgIpc) is 2.61. The van der Waals surface area contributed by atoms with Crippen LogP contribution in [-0.2, 0) is 4.74 Å². The van der Waals surface area contributed by atoms with Crippen molar-refractivity contribution >= 4 is 11.9 Å². The van der Waals surface area contributed by atoms with Gasteiger partial charge in [0.1, 0.15) is 17.1 Å². The molecule has 0 amide bonds. The highest BCUT2D eigenvalue weighted by atomic mass is 16.5. The summed E-state index contributed by atoms with van der Waals surface area (Å²) in [6.07, 6.45) is 0. The number of hydrogen-bond acceptors (Lipinski definition) is 5. The Bertz CT molecular complexity index is 804. The monoisotopic (exact) mass is 356 g/mol. The van der Waals surface area contributed by atoms with Crippen molar-refractivity contribution in [1.82, 2.24) is 0 Å². The highest BCUT2D eigenvalue weighted by Gasteiger charge is 2.21. The summed E-state index contributed by atoms with van der Waals surface area (Å²) in [4.78, 5) is 24.0. The van der Waals surface area contributed by atoms with Gasteiger partial charge >= 0.3 is 11.9 Å². The molecule has 2 aromatic rings. The zero-order chi connectivity index (χ0) is 19.4. The summed E-state index contributed by atoms with van der Waals surface area (Å²) in [7, 11) is 1.30. The van der Waals surface area contributed by atoms with Crippen molar-refractivity contribution in [3.05, 3.63) is 58.7 Å². The van der Waals surface area contributed by atoms with E-state index >= 15 is 0 Å². The quantitative estimate of drug-likeness (QED) is 0.624. The minimum atomic E-state index is -0.641. The number of rotatable bonds is 5. The standard InChI is InChI=1S/C21H24O5/c1-12(2)15-10-17(13(3)4)19(22)18(11-15)21(24)26-16-8-6-14(7-9-16)20(23)25-5/h6-13,22H,1-5H3. The molecule has 5 nitrogen and oxygen atoms in total. The van der Waals surface area contributed by atoms with Crippen molar-refractivity contribution in [3.8, 4) is 11.5 Å². The van der Waals surface area contributed by atoms with Crippen LogP contribution in [0.2, 0.25) is 0 Å². The van der Waals surface area contributed by atoms with Crippen molar-refractivity contribution in [1.29, 1.82) is 0 Å². The Morgan fingerprint density at radius 3 is 2.04 bits per heavy atom. The van der Waals surface area contributed by atoms with Gasteiger partial charge in [0.05, 0.1) is 12.7 Å². The molecule has 0 fully saturated rings. The molecule has 0 saturated heterocycles. The summed E-state index contributed by atoms with van der Waals surface area (Å²) in [6.45, 7) is 7.97. The lowest BCUT2D eigenvalue weighted by Crippen LogP contribution is -2.11. The summed E-state index contributed by atoms with van der Waals surface area (Å²) >= 11 is 0. The maximum atomic E-state index is 12.6. The van der Waals surface area contributed by atoms with E-state index in [1.807, 2.05) is 33.8 Å². The third-order valence-electron chi connectivity index (χ3n) is 4.16. The highest BCUT2D eigenvalue weighted by molar-refractivity contribution is 5.95. The Hall–Kier alpha value is -2.82. The van der Waals surface area contributed by atoms with Gasteiger partial charge in [-0.2, -0.15) is 0 Å². The first-order valence-corrected chi connectivity index (χ1v) is 8.52. The lowest BCUT2D eigenvalue weighted by atomic mass is 9.92. The number of benzene rings is 2. The molecular formula is C21H24O5. The number of phenolic OH excluding ortho intramolecular Hbond substituents is 1. The number of aromatic hydroxyl groups is 1. The molecule has 0 saturated carbocycles. The third-order valence-corrected chi connectivity index (χ3v) is 4.16. The van der Waals surface area contributed by atoms with E-state index in [1.165, 1.54) is 31.4 Å². The van der Waals surface area contributed by atoms with Crippen molar-refractivity contribution < 1.29 is 24.2 Å². The summed E-state index contributed by atoms with van der Waals surface area (Å²) in [5.74, 6) is -0.605. The molecule has 0 aliphatic rings. The number of methoxy groups -OCH3 is 1. The van der Waals surface area contributed by atoms with Gasteiger partial charge in [0, 0.05) is 0 Å². The number of carbonyl (C=O) groups excluding carboxylic acids is 2. The Morgan fingerprint density at radius 1 is 0.923 bits per heavy atom. The van der Waals surface area contributed by atoms with Crippen LogP contribution < -0.4 is 4.74 Å². The van der Waals surface area contributed by atoms with Gasteiger partial charge in [0.2, 0.25) is 0 Å². The summed E-state index contributed by atoms with van der Waals surface area (Å²) in [5, 5.41) is 10.5. The number of hydrogen-bond donors (Lipinski definition) is 1. The Balaban J connectivity index is 2.33. The molecule has 26 heavy (non-hydrogen) atoms. The molecule has 0 radical (unpaired) electrons. The molecule has 0 aliphatic heterocycles. The lowest BCUT2D eigenvalue weighted by molar-refractivity contribution is 0.0600. The molecule has 0 aromatic heterocycles. The van der Waals surface area contributed by atoms with Crippen LogP contribution in [0, 0.1) is 0 Å². The Morgan fingerprint density at radius 2 is 1.54 bits per heavy atom. The molecule has 2 rings (SSSR count). The fourth-order valence-electron chi connectivity index (χ4n) is 2.55. The van der Waals surface area contributed by atoms with Crippen molar-refractivity contribution in [2.24, 2.45) is 0 Å². The number of carbonyl (C=O) groups is 2. The Labute approximate surface area is 153 Å². The second-order valence-corrected chi connectivity index (χ2v) is 6.72. The van der Waals surface area contributed by atoms with E-state index in [9.17, 15) is 14.7 Å². The minimum Gasteiger partial charge on any atom is -0.507 e. The summed E-state index contributed by atoms with van der Waals surface area (Å²) in [5.41, 5.74) is 2.17. The van der Waals surface area contributed by atoms with E-state index in [1.54, 1.807) is 6.07 Å². The molecule has 5 heteroatoms. The number of ether oxygens (including phenoxy) is 2. The van der Waals surface area contributed by atoms with E-state index in [4.69, 9.17) is 4.74 Å². The summed E-state index contributed by atoms with van der Waals surface area (Å²) in [6, 6.07) is 9.63. The third kappa shape index (κ3) is 4.23. The zero-order valence-corrected chi connectivity index (χ0v) is 15.7.